The lowest BCUT2D eigenvalue weighted by molar-refractivity contribution is 0.0949. The van der Waals surface area contributed by atoms with Crippen molar-refractivity contribution in [3.8, 4) is 16.6 Å². The zero-order valence-electron chi connectivity index (χ0n) is 19.1. The summed E-state index contributed by atoms with van der Waals surface area (Å²) in [6.45, 7) is 2.20. The van der Waals surface area contributed by atoms with Crippen molar-refractivity contribution in [2.24, 2.45) is 0 Å². The van der Waals surface area contributed by atoms with Crippen LogP contribution in [0.25, 0.3) is 10.6 Å². The van der Waals surface area contributed by atoms with Gasteiger partial charge >= 0.3 is 0 Å². The predicted octanol–water partition coefficient (Wildman–Crippen LogP) is 6.03. The maximum Gasteiger partial charge on any atom is 0.256 e. The summed E-state index contributed by atoms with van der Waals surface area (Å²) < 4.78 is 14.3. The molecule has 1 aliphatic heterocycles. The topological polar surface area (TPSA) is 94.9 Å². The van der Waals surface area contributed by atoms with Crippen LogP contribution in [0.5, 0.6) is 0 Å². The number of hydrogen-bond acceptors (Lipinski definition) is 6. The maximum absolute atomic E-state index is 14.3. The zero-order valence-corrected chi connectivity index (χ0v) is 20.7. The lowest BCUT2D eigenvalue weighted by Crippen LogP contribution is -2.24. The Balaban J connectivity index is 1.35. The van der Waals surface area contributed by atoms with Gasteiger partial charge in [-0.15, -0.1) is 11.3 Å². The van der Waals surface area contributed by atoms with Crippen LogP contribution in [0, 0.1) is 17.1 Å². The van der Waals surface area contributed by atoms with Gasteiger partial charge in [0, 0.05) is 32.0 Å². The number of fused-ring (bicyclic) bond motifs is 2. The van der Waals surface area contributed by atoms with E-state index < -0.39 is 5.82 Å². The number of carbonyl (C=O) groups excluding carboxylic acids is 2. The fourth-order valence-electron chi connectivity index (χ4n) is 3.89. The van der Waals surface area contributed by atoms with Crippen molar-refractivity contribution in [2.75, 3.05) is 5.32 Å². The molecule has 6 nitrogen and oxygen atoms in total. The van der Waals surface area contributed by atoms with Gasteiger partial charge in [0.1, 0.15) is 10.8 Å². The van der Waals surface area contributed by atoms with Gasteiger partial charge in [0.2, 0.25) is 0 Å². The normalized spacial score (nSPS) is 12.1. The molecule has 9 heteroatoms. The van der Waals surface area contributed by atoms with E-state index in [1.807, 2.05) is 37.3 Å². The highest BCUT2D eigenvalue weighted by atomic mass is 32.2. The minimum Gasteiger partial charge on any atom is -0.347 e. The van der Waals surface area contributed by atoms with Gasteiger partial charge in [-0.1, -0.05) is 30.8 Å². The first-order chi connectivity index (χ1) is 17.5. The molecule has 2 heterocycles. The minimum atomic E-state index is -0.515. The molecule has 1 aliphatic rings. The van der Waals surface area contributed by atoms with Crippen molar-refractivity contribution >= 4 is 40.6 Å². The molecule has 0 radical (unpaired) electrons. The molecule has 0 fully saturated rings. The van der Waals surface area contributed by atoms with Crippen LogP contribution in [0.15, 0.2) is 70.6 Å². The molecule has 2 N–H and O–H groups in total. The van der Waals surface area contributed by atoms with Crippen molar-refractivity contribution in [3.05, 3.63) is 93.7 Å². The van der Waals surface area contributed by atoms with E-state index in [1.165, 1.54) is 35.2 Å². The molecule has 3 aromatic carbocycles. The van der Waals surface area contributed by atoms with Crippen LogP contribution < -0.4 is 10.6 Å². The standard InChI is InChI=1S/C27H19FN4O2S2/c1-2-16-10-24-22(32-26(34)19-5-3-4-6-23(19)36-24)11-20(16)25(33)30-13-17-14-31-27(35-17)18-8-7-15(12-29)9-21(18)28/h3-11,14H,2,13H2,1H3,(H,30,33)(H,32,34). The summed E-state index contributed by atoms with van der Waals surface area (Å²) in [5.41, 5.74) is 3.11. The number of carbonyl (C=O) groups is 2. The van der Waals surface area contributed by atoms with E-state index >= 15 is 0 Å². The highest BCUT2D eigenvalue weighted by Gasteiger charge is 2.23. The van der Waals surface area contributed by atoms with Crippen LogP contribution in [-0.2, 0) is 13.0 Å². The van der Waals surface area contributed by atoms with E-state index in [-0.39, 0.29) is 23.9 Å². The number of aryl methyl sites for hydroxylation is 1. The maximum atomic E-state index is 14.3. The number of rotatable bonds is 5. The molecule has 0 unspecified atom stereocenters. The monoisotopic (exact) mass is 514 g/mol. The van der Waals surface area contributed by atoms with Gasteiger partial charge in [-0.25, -0.2) is 9.37 Å². The minimum absolute atomic E-state index is 0.209. The molecule has 0 aliphatic carbocycles. The van der Waals surface area contributed by atoms with Crippen molar-refractivity contribution in [1.29, 1.82) is 5.26 Å². The number of amides is 2. The molecule has 2 amide bonds. The van der Waals surface area contributed by atoms with Crippen molar-refractivity contribution in [1.82, 2.24) is 10.3 Å². The van der Waals surface area contributed by atoms with E-state index in [4.69, 9.17) is 5.26 Å². The van der Waals surface area contributed by atoms with Crippen LogP contribution in [0.4, 0.5) is 10.1 Å². The Kier molecular flexibility index (Phi) is 6.55. The SMILES string of the molecule is CCc1cc2c(cc1C(=O)NCc1cnc(-c3ccc(C#N)cc3F)s1)NC(=O)c1ccccc1S2. The second-order valence-corrected chi connectivity index (χ2v) is 10.2. The van der Waals surface area contributed by atoms with Gasteiger partial charge in [-0.05, 0) is 54.4 Å². The van der Waals surface area contributed by atoms with E-state index in [1.54, 1.807) is 24.4 Å². The Morgan fingerprint density at radius 2 is 1.97 bits per heavy atom. The third-order valence-corrected chi connectivity index (χ3v) is 7.90. The second kappa shape index (κ2) is 9.93. The van der Waals surface area contributed by atoms with Crippen LogP contribution in [0.1, 0.15) is 43.6 Å². The number of benzene rings is 3. The number of nitriles is 1. The van der Waals surface area contributed by atoms with Gasteiger partial charge in [0.15, 0.2) is 0 Å². The molecule has 178 valence electrons. The first-order valence-corrected chi connectivity index (χ1v) is 12.8. The average Bonchev–Trinajstić information content (AvgIpc) is 3.31. The highest BCUT2D eigenvalue weighted by molar-refractivity contribution is 7.99. The first-order valence-electron chi connectivity index (χ1n) is 11.1. The van der Waals surface area contributed by atoms with Crippen LogP contribution in [-0.4, -0.2) is 16.8 Å². The van der Waals surface area contributed by atoms with Gasteiger partial charge < -0.3 is 10.6 Å². The van der Waals surface area contributed by atoms with Crippen LogP contribution in [0.3, 0.4) is 0 Å². The molecule has 36 heavy (non-hydrogen) atoms. The summed E-state index contributed by atoms with van der Waals surface area (Å²) in [4.78, 5) is 32.6. The van der Waals surface area contributed by atoms with Crippen molar-refractivity contribution in [2.45, 2.75) is 29.7 Å². The number of halogens is 1. The Hall–Kier alpha value is -4.00. The van der Waals surface area contributed by atoms with Gasteiger partial charge in [0.25, 0.3) is 11.8 Å². The molecular weight excluding hydrogens is 495 g/mol. The predicted molar refractivity (Wildman–Crippen MR) is 138 cm³/mol. The molecule has 0 bridgehead atoms. The van der Waals surface area contributed by atoms with Gasteiger partial charge in [-0.3, -0.25) is 9.59 Å². The van der Waals surface area contributed by atoms with Crippen molar-refractivity contribution < 1.29 is 14.0 Å². The fourth-order valence-corrected chi connectivity index (χ4v) is 5.85. The summed E-state index contributed by atoms with van der Waals surface area (Å²) in [6.07, 6.45) is 2.25. The third-order valence-electron chi connectivity index (χ3n) is 5.74. The quantitative estimate of drug-likeness (QED) is 0.339. The summed E-state index contributed by atoms with van der Waals surface area (Å²) in [5.74, 6) is -0.992. The molecular formula is C27H19FN4O2S2. The summed E-state index contributed by atoms with van der Waals surface area (Å²) in [5, 5.41) is 15.2. The van der Waals surface area contributed by atoms with Crippen molar-refractivity contribution in [3.63, 3.8) is 0 Å². The molecule has 0 saturated heterocycles. The largest absolute Gasteiger partial charge is 0.347 e. The Morgan fingerprint density at radius 1 is 1.14 bits per heavy atom. The lowest BCUT2D eigenvalue weighted by Gasteiger charge is -2.14. The Morgan fingerprint density at radius 3 is 2.75 bits per heavy atom. The average molecular weight is 515 g/mol. The molecule has 0 spiro atoms. The summed E-state index contributed by atoms with van der Waals surface area (Å²) in [7, 11) is 0. The van der Waals surface area contributed by atoms with E-state index in [9.17, 15) is 14.0 Å². The third kappa shape index (κ3) is 4.61. The summed E-state index contributed by atoms with van der Waals surface area (Å²) >= 11 is 2.77. The number of anilines is 1. The molecule has 5 rings (SSSR count). The summed E-state index contributed by atoms with van der Waals surface area (Å²) in [6, 6.07) is 17.3. The lowest BCUT2D eigenvalue weighted by atomic mass is 10.0. The second-order valence-electron chi connectivity index (χ2n) is 8.03. The molecule has 0 atom stereocenters. The highest BCUT2D eigenvalue weighted by Crippen LogP contribution is 2.40. The van der Waals surface area contributed by atoms with E-state index in [2.05, 4.69) is 15.6 Å². The molecule has 1 aromatic heterocycles. The zero-order chi connectivity index (χ0) is 25.2. The number of thiazole rings is 1. The molecule has 0 saturated carbocycles. The smallest absolute Gasteiger partial charge is 0.256 e. The van der Waals surface area contributed by atoms with E-state index in [0.717, 1.165) is 20.2 Å². The Bertz CT molecular complexity index is 1560. The fraction of sp³-hybridized carbons (Fsp3) is 0.111. The first kappa shape index (κ1) is 23.7. The van der Waals surface area contributed by atoms with Crippen LogP contribution >= 0.6 is 23.1 Å². The number of aromatic nitrogens is 1. The number of nitrogens with one attached hydrogen (secondary N) is 2. The van der Waals surface area contributed by atoms with Gasteiger partial charge in [0.05, 0.1) is 29.4 Å². The van der Waals surface area contributed by atoms with Crippen LogP contribution in [0.2, 0.25) is 0 Å². The number of nitrogens with zero attached hydrogens (tertiary/aromatic N) is 2. The Labute approximate surface area is 215 Å². The number of hydrogen-bond donors (Lipinski definition) is 2. The van der Waals surface area contributed by atoms with E-state index in [0.29, 0.717) is 33.8 Å². The van der Waals surface area contributed by atoms with Gasteiger partial charge in [-0.2, -0.15) is 5.26 Å². The molecule has 4 aromatic rings.